The Morgan fingerprint density at radius 3 is 2.42 bits per heavy atom. The summed E-state index contributed by atoms with van der Waals surface area (Å²) in [5.74, 6) is 0.135. The highest BCUT2D eigenvalue weighted by Crippen LogP contribution is 2.14. The molecule has 0 aromatic carbocycles. The third-order valence-corrected chi connectivity index (χ3v) is 5.17. The molecule has 0 aliphatic carbocycles. The van der Waals surface area contributed by atoms with Crippen LogP contribution >= 0.6 is 0 Å². The average Bonchev–Trinajstić information content (AvgIpc) is 2.39. The van der Waals surface area contributed by atoms with E-state index in [-0.39, 0.29) is 17.7 Å². The predicted molar refractivity (Wildman–Crippen MR) is 75.4 cm³/mol. The Bertz CT molecular complexity index is 376. The van der Waals surface area contributed by atoms with E-state index < -0.39 is 10.0 Å². The average molecular weight is 291 g/mol. The molecule has 19 heavy (non-hydrogen) atoms. The summed E-state index contributed by atoms with van der Waals surface area (Å²) in [6.45, 7) is 5.88. The molecule has 0 atom stereocenters. The molecule has 0 aromatic heterocycles. The fourth-order valence-electron chi connectivity index (χ4n) is 2.12. The normalized spacial score (nSPS) is 18.4. The lowest BCUT2D eigenvalue weighted by Crippen LogP contribution is -2.48. The largest absolute Gasteiger partial charge is 0.352 e. The molecule has 0 radical (unpaired) electrons. The highest BCUT2D eigenvalue weighted by atomic mass is 32.2. The van der Waals surface area contributed by atoms with Gasteiger partial charge in [-0.2, -0.15) is 0 Å². The zero-order valence-electron chi connectivity index (χ0n) is 11.8. The summed E-state index contributed by atoms with van der Waals surface area (Å²) in [6.07, 6.45) is 2.39. The Morgan fingerprint density at radius 1 is 1.26 bits per heavy atom. The smallest absolute Gasteiger partial charge is 0.234 e. The third kappa shape index (κ3) is 5.46. The molecule has 6 nitrogen and oxygen atoms in total. The van der Waals surface area contributed by atoms with E-state index in [0.717, 1.165) is 13.0 Å². The van der Waals surface area contributed by atoms with E-state index in [1.807, 2.05) is 0 Å². The lowest BCUT2D eigenvalue weighted by Gasteiger charge is -2.31. The SMILES string of the molecule is CCCNCC(=O)NC1CCN(S(=O)(=O)CC)CC1. The maximum absolute atomic E-state index is 11.7. The van der Waals surface area contributed by atoms with E-state index >= 15 is 0 Å². The number of hydrogen-bond acceptors (Lipinski definition) is 4. The molecule has 0 saturated carbocycles. The quantitative estimate of drug-likeness (QED) is 0.643. The molecular formula is C12H25N3O3S. The maximum Gasteiger partial charge on any atom is 0.234 e. The Balaban J connectivity index is 2.28. The molecule has 0 aromatic rings. The van der Waals surface area contributed by atoms with Gasteiger partial charge in [0.25, 0.3) is 0 Å². The number of sulfonamides is 1. The summed E-state index contributed by atoms with van der Waals surface area (Å²) >= 11 is 0. The number of nitrogens with zero attached hydrogens (tertiary/aromatic N) is 1. The van der Waals surface area contributed by atoms with Crippen LogP contribution in [-0.4, -0.2) is 56.6 Å². The van der Waals surface area contributed by atoms with Crippen LogP contribution in [-0.2, 0) is 14.8 Å². The maximum atomic E-state index is 11.7. The van der Waals surface area contributed by atoms with Gasteiger partial charge in [0.2, 0.25) is 15.9 Å². The van der Waals surface area contributed by atoms with Crippen LogP contribution in [0.15, 0.2) is 0 Å². The molecule has 0 bridgehead atoms. The molecule has 1 aliphatic rings. The molecule has 1 rings (SSSR count). The molecule has 0 spiro atoms. The van der Waals surface area contributed by atoms with E-state index in [2.05, 4.69) is 17.6 Å². The molecule has 1 heterocycles. The molecule has 112 valence electrons. The van der Waals surface area contributed by atoms with Crippen LogP contribution in [0.1, 0.15) is 33.1 Å². The Labute approximate surface area is 116 Å². The topological polar surface area (TPSA) is 78.5 Å². The first-order valence-corrected chi connectivity index (χ1v) is 8.58. The molecule has 1 fully saturated rings. The van der Waals surface area contributed by atoms with Crippen molar-refractivity contribution in [2.45, 2.75) is 39.2 Å². The van der Waals surface area contributed by atoms with Crippen LogP contribution in [0.3, 0.4) is 0 Å². The van der Waals surface area contributed by atoms with Gasteiger partial charge < -0.3 is 10.6 Å². The van der Waals surface area contributed by atoms with Gasteiger partial charge in [-0.3, -0.25) is 4.79 Å². The van der Waals surface area contributed by atoms with Crippen LogP contribution in [0.2, 0.25) is 0 Å². The minimum Gasteiger partial charge on any atom is -0.352 e. The highest BCUT2D eigenvalue weighted by molar-refractivity contribution is 7.89. The van der Waals surface area contributed by atoms with E-state index in [1.165, 1.54) is 4.31 Å². The number of carbonyl (C=O) groups excluding carboxylic acids is 1. The number of rotatable bonds is 7. The van der Waals surface area contributed by atoms with Crippen molar-refractivity contribution in [2.24, 2.45) is 0 Å². The summed E-state index contributed by atoms with van der Waals surface area (Å²) < 4.78 is 24.9. The molecule has 2 N–H and O–H groups in total. The van der Waals surface area contributed by atoms with Crippen molar-refractivity contribution in [3.8, 4) is 0 Å². The monoisotopic (exact) mass is 291 g/mol. The van der Waals surface area contributed by atoms with Crippen molar-refractivity contribution in [2.75, 3.05) is 31.9 Å². The molecular weight excluding hydrogens is 266 g/mol. The summed E-state index contributed by atoms with van der Waals surface area (Å²) in [5, 5.41) is 5.99. The predicted octanol–water partition coefficient (Wildman–Crippen LogP) is -0.0837. The standard InChI is InChI=1S/C12H25N3O3S/c1-3-7-13-10-12(16)14-11-5-8-15(9-6-11)19(17,18)4-2/h11,13H,3-10H2,1-2H3,(H,14,16). The number of hydrogen-bond donors (Lipinski definition) is 2. The van der Waals surface area contributed by atoms with Crippen LogP contribution in [0.5, 0.6) is 0 Å². The van der Waals surface area contributed by atoms with Gasteiger partial charge in [-0.1, -0.05) is 6.92 Å². The summed E-state index contributed by atoms with van der Waals surface area (Å²) in [6, 6.07) is 0.0965. The van der Waals surface area contributed by atoms with Gasteiger partial charge in [0.05, 0.1) is 12.3 Å². The first-order valence-electron chi connectivity index (χ1n) is 6.97. The van der Waals surface area contributed by atoms with Gasteiger partial charge in [-0.15, -0.1) is 0 Å². The number of carbonyl (C=O) groups is 1. The van der Waals surface area contributed by atoms with Gasteiger partial charge >= 0.3 is 0 Å². The van der Waals surface area contributed by atoms with Crippen molar-refractivity contribution in [3.05, 3.63) is 0 Å². The first kappa shape index (κ1) is 16.4. The van der Waals surface area contributed by atoms with Gasteiger partial charge in [0.1, 0.15) is 0 Å². The zero-order chi connectivity index (χ0) is 14.3. The van der Waals surface area contributed by atoms with Crippen LogP contribution in [0.4, 0.5) is 0 Å². The molecule has 1 aliphatic heterocycles. The van der Waals surface area contributed by atoms with Gasteiger partial charge in [0.15, 0.2) is 0 Å². The van der Waals surface area contributed by atoms with Crippen molar-refractivity contribution in [1.29, 1.82) is 0 Å². The number of piperidine rings is 1. The van der Waals surface area contributed by atoms with Crippen LogP contribution in [0.25, 0.3) is 0 Å². The number of nitrogens with one attached hydrogen (secondary N) is 2. The lowest BCUT2D eigenvalue weighted by atomic mass is 10.1. The van der Waals surface area contributed by atoms with E-state index in [0.29, 0.717) is 32.5 Å². The fraction of sp³-hybridized carbons (Fsp3) is 0.917. The minimum atomic E-state index is -3.08. The lowest BCUT2D eigenvalue weighted by molar-refractivity contribution is -0.121. The molecule has 1 saturated heterocycles. The third-order valence-electron chi connectivity index (χ3n) is 3.29. The van der Waals surface area contributed by atoms with Gasteiger partial charge in [0, 0.05) is 19.1 Å². The van der Waals surface area contributed by atoms with Crippen molar-refractivity contribution in [3.63, 3.8) is 0 Å². The van der Waals surface area contributed by atoms with Crippen molar-refractivity contribution >= 4 is 15.9 Å². The van der Waals surface area contributed by atoms with Crippen LogP contribution < -0.4 is 10.6 Å². The number of amides is 1. The minimum absolute atomic E-state index is 0.00903. The molecule has 7 heteroatoms. The van der Waals surface area contributed by atoms with E-state index in [1.54, 1.807) is 6.92 Å². The summed E-state index contributed by atoms with van der Waals surface area (Å²) in [7, 11) is -3.08. The van der Waals surface area contributed by atoms with E-state index in [9.17, 15) is 13.2 Å². The summed E-state index contributed by atoms with van der Waals surface area (Å²) in [5.41, 5.74) is 0. The highest BCUT2D eigenvalue weighted by Gasteiger charge is 2.27. The van der Waals surface area contributed by atoms with Crippen molar-refractivity contribution in [1.82, 2.24) is 14.9 Å². The second kappa shape index (κ2) is 7.81. The fourth-order valence-corrected chi connectivity index (χ4v) is 3.25. The Kier molecular flexibility index (Phi) is 6.74. The van der Waals surface area contributed by atoms with E-state index in [4.69, 9.17) is 0 Å². The summed E-state index contributed by atoms with van der Waals surface area (Å²) in [4.78, 5) is 11.6. The zero-order valence-corrected chi connectivity index (χ0v) is 12.6. The molecule has 1 amide bonds. The second-order valence-corrected chi connectivity index (χ2v) is 7.08. The Hall–Kier alpha value is -0.660. The van der Waals surface area contributed by atoms with Gasteiger partial charge in [-0.25, -0.2) is 12.7 Å². The first-order chi connectivity index (χ1) is 8.99. The van der Waals surface area contributed by atoms with Gasteiger partial charge in [-0.05, 0) is 32.7 Å². The molecule has 0 unspecified atom stereocenters. The second-order valence-electron chi connectivity index (χ2n) is 4.82. The van der Waals surface area contributed by atoms with Crippen molar-refractivity contribution < 1.29 is 13.2 Å². The Morgan fingerprint density at radius 2 is 1.89 bits per heavy atom. The van der Waals surface area contributed by atoms with Crippen LogP contribution in [0, 0.1) is 0 Å².